The summed E-state index contributed by atoms with van der Waals surface area (Å²) in [5.41, 5.74) is 3.34. The topological polar surface area (TPSA) is 64.3 Å². The number of hydrogen-bond acceptors (Lipinski definition) is 3. The molecule has 0 aliphatic carbocycles. The molecule has 0 bridgehead atoms. The van der Waals surface area contributed by atoms with Gasteiger partial charge in [0.2, 0.25) is 0 Å². The van der Waals surface area contributed by atoms with Gasteiger partial charge >= 0.3 is 12.3 Å². The van der Waals surface area contributed by atoms with Crippen molar-refractivity contribution in [2.75, 3.05) is 6.54 Å². The van der Waals surface area contributed by atoms with E-state index in [1.165, 1.54) is 0 Å². The lowest BCUT2D eigenvalue weighted by atomic mass is 10.0. The van der Waals surface area contributed by atoms with Gasteiger partial charge in [-0.05, 0) is 38.5 Å². The molecule has 1 aromatic carbocycles. The predicted molar refractivity (Wildman–Crippen MR) is 72.6 cm³/mol. The normalized spacial score (nSPS) is 13.6. The first-order valence-corrected chi connectivity index (χ1v) is 6.50. The van der Waals surface area contributed by atoms with Crippen LogP contribution in [0.4, 0.5) is 22.4 Å². The Labute approximate surface area is 125 Å². The standard InChI is InChI=1S/C14H18F4N2O2/c1-13(2,3)22-12(21)20-11(7-19)8-4-5-10(15)9(6-8)14(16,17)18/h4-6,11H,7,19H2,1-3H3,(H,20,21). The van der Waals surface area contributed by atoms with Crippen molar-refractivity contribution in [2.45, 2.75) is 38.6 Å². The molecule has 1 amide bonds. The van der Waals surface area contributed by atoms with Crippen LogP contribution in [0, 0.1) is 5.82 Å². The SMILES string of the molecule is CC(C)(C)OC(=O)NC(CN)c1ccc(F)c(C(F)(F)F)c1. The van der Waals surface area contributed by atoms with Gasteiger partial charge in [0.25, 0.3) is 0 Å². The average Bonchev–Trinajstić information content (AvgIpc) is 2.33. The average molecular weight is 322 g/mol. The van der Waals surface area contributed by atoms with Gasteiger partial charge in [0.15, 0.2) is 0 Å². The van der Waals surface area contributed by atoms with Crippen LogP contribution in [-0.2, 0) is 10.9 Å². The van der Waals surface area contributed by atoms with Crippen LogP contribution in [-0.4, -0.2) is 18.2 Å². The second-order valence-corrected chi connectivity index (χ2v) is 5.67. The number of nitrogens with two attached hydrogens (primary N) is 1. The summed E-state index contributed by atoms with van der Waals surface area (Å²) in [7, 11) is 0. The molecule has 22 heavy (non-hydrogen) atoms. The second-order valence-electron chi connectivity index (χ2n) is 5.67. The van der Waals surface area contributed by atoms with Crippen LogP contribution < -0.4 is 11.1 Å². The van der Waals surface area contributed by atoms with E-state index in [4.69, 9.17) is 10.5 Å². The van der Waals surface area contributed by atoms with Crippen molar-refractivity contribution in [3.05, 3.63) is 35.1 Å². The molecule has 0 aliphatic rings. The van der Waals surface area contributed by atoms with E-state index in [0.29, 0.717) is 12.1 Å². The molecule has 0 fully saturated rings. The Morgan fingerprint density at radius 3 is 2.36 bits per heavy atom. The maximum atomic E-state index is 13.3. The molecule has 0 aromatic heterocycles. The molecule has 0 heterocycles. The quantitative estimate of drug-likeness (QED) is 0.839. The molecule has 0 radical (unpaired) electrons. The van der Waals surface area contributed by atoms with Gasteiger partial charge in [-0.25, -0.2) is 9.18 Å². The molecule has 4 nitrogen and oxygen atoms in total. The lowest BCUT2D eigenvalue weighted by Gasteiger charge is -2.23. The Balaban J connectivity index is 2.99. The monoisotopic (exact) mass is 322 g/mol. The Kier molecular flexibility index (Phi) is 5.39. The number of benzene rings is 1. The number of hydrogen-bond donors (Lipinski definition) is 2. The highest BCUT2D eigenvalue weighted by atomic mass is 19.4. The number of carbonyl (C=O) groups excluding carboxylic acids is 1. The van der Waals surface area contributed by atoms with Crippen molar-refractivity contribution in [1.82, 2.24) is 5.32 Å². The molecule has 1 atom stereocenters. The molecular formula is C14H18F4N2O2. The number of rotatable bonds is 3. The molecule has 1 unspecified atom stereocenters. The van der Waals surface area contributed by atoms with Crippen molar-refractivity contribution in [2.24, 2.45) is 5.73 Å². The zero-order valence-electron chi connectivity index (χ0n) is 12.4. The van der Waals surface area contributed by atoms with Gasteiger partial charge in [0, 0.05) is 6.54 Å². The van der Waals surface area contributed by atoms with Gasteiger partial charge in [0.1, 0.15) is 11.4 Å². The minimum Gasteiger partial charge on any atom is -0.444 e. The largest absolute Gasteiger partial charge is 0.444 e. The van der Waals surface area contributed by atoms with E-state index < -0.39 is 35.3 Å². The number of alkyl carbamates (subject to hydrolysis) is 1. The number of nitrogens with one attached hydrogen (secondary N) is 1. The fraction of sp³-hybridized carbons (Fsp3) is 0.500. The maximum absolute atomic E-state index is 13.3. The van der Waals surface area contributed by atoms with Gasteiger partial charge in [-0.3, -0.25) is 0 Å². The predicted octanol–water partition coefficient (Wildman–Crippen LogP) is 3.37. The summed E-state index contributed by atoms with van der Waals surface area (Å²) >= 11 is 0. The van der Waals surface area contributed by atoms with Crippen molar-refractivity contribution in [3.8, 4) is 0 Å². The Bertz CT molecular complexity index is 539. The maximum Gasteiger partial charge on any atom is 0.419 e. The molecular weight excluding hydrogens is 304 g/mol. The summed E-state index contributed by atoms with van der Waals surface area (Å²) in [5.74, 6) is -1.38. The number of ether oxygens (including phenoxy) is 1. The van der Waals surface area contributed by atoms with Gasteiger partial charge in [0.05, 0.1) is 11.6 Å². The Morgan fingerprint density at radius 2 is 1.91 bits per heavy atom. The lowest BCUT2D eigenvalue weighted by molar-refractivity contribution is -0.140. The summed E-state index contributed by atoms with van der Waals surface area (Å²) < 4.78 is 56.4. The lowest BCUT2D eigenvalue weighted by Crippen LogP contribution is -2.37. The van der Waals surface area contributed by atoms with Gasteiger partial charge in [-0.1, -0.05) is 6.07 Å². The number of amides is 1. The molecule has 0 aliphatic heterocycles. The minimum atomic E-state index is -4.83. The number of carbonyl (C=O) groups is 1. The molecule has 1 rings (SSSR count). The van der Waals surface area contributed by atoms with E-state index in [-0.39, 0.29) is 12.1 Å². The molecule has 0 saturated carbocycles. The van der Waals surface area contributed by atoms with Gasteiger partial charge < -0.3 is 15.8 Å². The van der Waals surface area contributed by atoms with Crippen molar-refractivity contribution >= 4 is 6.09 Å². The first-order chi connectivity index (χ1) is 9.94. The molecule has 8 heteroatoms. The first-order valence-electron chi connectivity index (χ1n) is 6.50. The fourth-order valence-electron chi connectivity index (χ4n) is 1.71. The molecule has 3 N–H and O–H groups in total. The highest BCUT2D eigenvalue weighted by molar-refractivity contribution is 5.68. The molecule has 0 spiro atoms. The van der Waals surface area contributed by atoms with Crippen LogP contribution in [0.15, 0.2) is 18.2 Å². The highest BCUT2D eigenvalue weighted by Crippen LogP contribution is 2.33. The van der Waals surface area contributed by atoms with Gasteiger partial charge in [-0.15, -0.1) is 0 Å². The van der Waals surface area contributed by atoms with Crippen LogP contribution in [0.25, 0.3) is 0 Å². The van der Waals surface area contributed by atoms with Crippen LogP contribution in [0.3, 0.4) is 0 Å². The minimum absolute atomic E-state index is 0.0436. The number of halogens is 4. The zero-order valence-corrected chi connectivity index (χ0v) is 12.4. The van der Waals surface area contributed by atoms with E-state index >= 15 is 0 Å². The summed E-state index contributed by atoms with van der Waals surface area (Å²) in [6.07, 6.45) is -5.65. The molecule has 124 valence electrons. The third kappa shape index (κ3) is 5.18. The Hall–Kier alpha value is -1.83. The number of alkyl halides is 3. The van der Waals surface area contributed by atoms with Crippen LogP contribution in [0.2, 0.25) is 0 Å². The van der Waals surface area contributed by atoms with E-state index in [1.807, 2.05) is 0 Å². The van der Waals surface area contributed by atoms with E-state index in [2.05, 4.69) is 5.32 Å². The van der Waals surface area contributed by atoms with Crippen molar-refractivity contribution in [1.29, 1.82) is 0 Å². The zero-order chi connectivity index (χ0) is 17.1. The third-order valence-electron chi connectivity index (χ3n) is 2.62. The van der Waals surface area contributed by atoms with Gasteiger partial charge in [-0.2, -0.15) is 13.2 Å². The van der Waals surface area contributed by atoms with E-state index in [9.17, 15) is 22.4 Å². The summed E-state index contributed by atoms with van der Waals surface area (Å²) in [6.45, 7) is 4.76. The molecule has 1 aromatic rings. The summed E-state index contributed by atoms with van der Waals surface area (Å²) in [6, 6.07) is 1.54. The summed E-state index contributed by atoms with van der Waals surface area (Å²) in [4.78, 5) is 11.7. The van der Waals surface area contributed by atoms with Crippen LogP contribution >= 0.6 is 0 Å². The Morgan fingerprint density at radius 1 is 1.32 bits per heavy atom. The highest BCUT2D eigenvalue weighted by Gasteiger charge is 2.34. The van der Waals surface area contributed by atoms with E-state index in [1.54, 1.807) is 20.8 Å². The van der Waals surface area contributed by atoms with Crippen molar-refractivity contribution in [3.63, 3.8) is 0 Å². The third-order valence-corrected chi connectivity index (χ3v) is 2.62. The summed E-state index contributed by atoms with van der Waals surface area (Å²) in [5, 5.41) is 2.36. The van der Waals surface area contributed by atoms with Crippen LogP contribution in [0.1, 0.15) is 37.9 Å². The second kappa shape index (κ2) is 6.51. The fourth-order valence-corrected chi connectivity index (χ4v) is 1.71. The van der Waals surface area contributed by atoms with Crippen LogP contribution in [0.5, 0.6) is 0 Å². The smallest absolute Gasteiger partial charge is 0.419 e. The first kappa shape index (κ1) is 18.2. The molecule has 0 saturated heterocycles. The van der Waals surface area contributed by atoms with E-state index in [0.717, 1.165) is 6.07 Å². The van der Waals surface area contributed by atoms with Crippen molar-refractivity contribution < 1.29 is 27.1 Å².